The van der Waals surface area contributed by atoms with E-state index >= 15 is 0 Å². The number of rotatable bonds is 1. The Kier molecular flexibility index (Phi) is 2.55. The Labute approximate surface area is 97.2 Å². The predicted molar refractivity (Wildman–Crippen MR) is 60.9 cm³/mol. The van der Waals surface area contributed by atoms with Gasteiger partial charge in [-0.15, -0.1) is 0 Å². The van der Waals surface area contributed by atoms with E-state index in [4.69, 9.17) is 0 Å². The van der Waals surface area contributed by atoms with Gasteiger partial charge in [-0.2, -0.15) is 0 Å². The number of halogens is 2. The number of hydrogen-bond acceptors (Lipinski definition) is 2. The summed E-state index contributed by atoms with van der Waals surface area (Å²) in [7, 11) is 0. The van der Waals surface area contributed by atoms with E-state index in [9.17, 15) is 8.78 Å². The van der Waals surface area contributed by atoms with Crippen LogP contribution in [0.3, 0.4) is 0 Å². The van der Waals surface area contributed by atoms with Crippen molar-refractivity contribution in [2.75, 3.05) is 13.1 Å². The Morgan fingerprint density at radius 3 is 2.71 bits per heavy atom. The lowest BCUT2D eigenvalue weighted by molar-refractivity contribution is 0.454. The molecular formula is C12H13F2N3. The maximum absolute atomic E-state index is 13.7. The van der Waals surface area contributed by atoms with Crippen molar-refractivity contribution < 1.29 is 8.78 Å². The van der Waals surface area contributed by atoms with E-state index in [0.717, 1.165) is 25.9 Å². The molecule has 0 unspecified atom stereocenters. The molecule has 0 aromatic carbocycles. The summed E-state index contributed by atoms with van der Waals surface area (Å²) in [5.41, 5.74) is 0.910. The normalized spacial score (nSPS) is 17.8. The van der Waals surface area contributed by atoms with Gasteiger partial charge in [0.05, 0.1) is 22.8 Å². The number of pyridine rings is 1. The summed E-state index contributed by atoms with van der Waals surface area (Å²) >= 11 is 0. The van der Waals surface area contributed by atoms with Crippen molar-refractivity contribution in [1.29, 1.82) is 0 Å². The van der Waals surface area contributed by atoms with Crippen molar-refractivity contribution in [3.8, 4) is 0 Å². The maximum atomic E-state index is 13.7. The zero-order chi connectivity index (χ0) is 11.8. The highest BCUT2D eigenvalue weighted by atomic mass is 19.1. The quantitative estimate of drug-likeness (QED) is 0.799. The molecule has 1 saturated heterocycles. The Morgan fingerprint density at radius 1 is 1.18 bits per heavy atom. The molecule has 0 aliphatic carbocycles. The zero-order valence-corrected chi connectivity index (χ0v) is 9.26. The van der Waals surface area contributed by atoms with Crippen molar-refractivity contribution in [2.24, 2.45) is 0 Å². The van der Waals surface area contributed by atoms with E-state index in [1.165, 1.54) is 12.4 Å². The Bertz CT molecular complexity index is 544. The van der Waals surface area contributed by atoms with Crippen LogP contribution in [0.4, 0.5) is 8.78 Å². The molecule has 1 aliphatic heterocycles. The highest BCUT2D eigenvalue weighted by molar-refractivity contribution is 5.83. The van der Waals surface area contributed by atoms with Crippen LogP contribution in [0.5, 0.6) is 0 Å². The Morgan fingerprint density at radius 2 is 1.94 bits per heavy atom. The standard InChI is InChI=1S/C12H13F2N3/c13-8-5-17-12-9(14)6-16-11(10(8)12)7-1-3-15-4-2-7/h5-7,15,17H,1-4H2. The van der Waals surface area contributed by atoms with E-state index in [1.54, 1.807) is 0 Å². The molecular weight excluding hydrogens is 224 g/mol. The zero-order valence-electron chi connectivity index (χ0n) is 9.26. The molecule has 5 heteroatoms. The van der Waals surface area contributed by atoms with Gasteiger partial charge in [-0.25, -0.2) is 8.78 Å². The first-order chi connectivity index (χ1) is 8.27. The second-order valence-electron chi connectivity index (χ2n) is 4.40. The second kappa shape index (κ2) is 4.07. The lowest BCUT2D eigenvalue weighted by atomic mass is 9.92. The highest BCUT2D eigenvalue weighted by Gasteiger charge is 2.22. The van der Waals surface area contributed by atoms with E-state index in [-0.39, 0.29) is 11.4 Å². The first-order valence-electron chi connectivity index (χ1n) is 5.79. The van der Waals surface area contributed by atoms with Gasteiger partial charge in [0.25, 0.3) is 0 Å². The number of nitrogens with one attached hydrogen (secondary N) is 2. The van der Waals surface area contributed by atoms with Gasteiger partial charge >= 0.3 is 0 Å². The van der Waals surface area contributed by atoms with Crippen LogP contribution in [-0.4, -0.2) is 23.1 Å². The average Bonchev–Trinajstić information content (AvgIpc) is 2.75. The Balaban J connectivity index is 2.15. The molecule has 0 atom stereocenters. The summed E-state index contributed by atoms with van der Waals surface area (Å²) in [4.78, 5) is 6.73. The molecule has 3 nitrogen and oxygen atoms in total. The van der Waals surface area contributed by atoms with Crippen LogP contribution in [0.25, 0.3) is 10.9 Å². The summed E-state index contributed by atoms with van der Waals surface area (Å²) < 4.78 is 27.2. The largest absolute Gasteiger partial charge is 0.356 e. The molecule has 3 heterocycles. The number of fused-ring (bicyclic) bond motifs is 1. The summed E-state index contributed by atoms with van der Waals surface area (Å²) in [5, 5.41) is 3.57. The third-order valence-corrected chi connectivity index (χ3v) is 3.37. The van der Waals surface area contributed by atoms with Crippen molar-refractivity contribution in [3.05, 3.63) is 29.7 Å². The van der Waals surface area contributed by atoms with E-state index < -0.39 is 11.6 Å². The van der Waals surface area contributed by atoms with E-state index in [1.807, 2.05) is 0 Å². The maximum Gasteiger partial charge on any atom is 0.165 e. The number of piperidine rings is 1. The van der Waals surface area contributed by atoms with Gasteiger partial charge in [-0.05, 0) is 25.9 Å². The summed E-state index contributed by atoms with van der Waals surface area (Å²) in [6.45, 7) is 1.80. The van der Waals surface area contributed by atoms with Crippen LogP contribution < -0.4 is 5.32 Å². The molecule has 1 aliphatic rings. The smallest absolute Gasteiger partial charge is 0.165 e. The lowest BCUT2D eigenvalue weighted by Crippen LogP contribution is -2.27. The molecule has 0 amide bonds. The molecule has 17 heavy (non-hydrogen) atoms. The SMILES string of the molecule is Fc1cnc(C2CCNCC2)c2c(F)c[nH]c12. The van der Waals surface area contributed by atoms with Crippen LogP contribution in [0.15, 0.2) is 12.4 Å². The minimum absolute atomic E-state index is 0.213. The lowest BCUT2D eigenvalue weighted by Gasteiger charge is -2.22. The molecule has 90 valence electrons. The third-order valence-electron chi connectivity index (χ3n) is 3.37. The van der Waals surface area contributed by atoms with Crippen LogP contribution in [0.2, 0.25) is 0 Å². The molecule has 2 aromatic rings. The monoisotopic (exact) mass is 237 g/mol. The number of H-pyrrole nitrogens is 1. The van der Waals surface area contributed by atoms with Gasteiger partial charge in [0.2, 0.25) is 0 Å². The van der Waals surface area contributed by atoms with Gasteiger partial charge in [0.1, 0.15) is 5.82 Å². The highest BCUT2D eigenvalue weighted by Crippen LogP contribution is 2.31. The fourth-order valence-electron chi connectivity index (χ4n) is 2.50. The molecule has 0 radical (unpaired) electrons. The van der Waals surface area contributed by atoms with E-state index in [0.29, 0.717) is 11.1 Å². The molecule has 2 N–H and O–H groups in total. The van der Waals surface area contributed by atoms with Crippen molar-refractivity contribution in [1.82, 2.24) is 15.3 Å². The van der Waals surface area contributed by atoms with Gasteiger partial charge in [0.15, 0.2) is 5.82 Å². The topological polar surface area (TPSA) is 40.7 Å². The van der Waals surface area contributed by atoms with Crippen LogP contribution in [0, 0.1) is 11.6 Å². The van der Waals surface area contributed by atoms with Crippen LogP contribution in [-0.2, 0) is 0 Å². The van der Waals surface area contributed by atoms with Gasteiger partial charge in [-0.1, -0.05) is 0 Å². The molecule has 0 bridgehead atoms. The second-order valence-corrected chi connectivity index (χ2v) is 4.40. The number of nitrogens with zero attached hydrogens (tertiary/aromatic N) is 1. The summed E-state index contributed by atoms with van der Waals surface area (Å²) in [5.74, 6) is -0.702. The molecule has 3 rings (SSSR count). The van der Waals surface area contributed by atoms with Gasteiger partial charge < -0.3 is 10.3 Å². The minimum Gasteiger partial charge on any atom is -0.356 e. The van der Waals surface area contributed by atoms with Crippen molar-refractivity contribution >= 4 is 10.9 Å². The predicted octanol–water partition coefficient (Wildman–Crippen LogP) is 2.31. The fourth-order valence-corrected chi connectivity index (χ4v) is 2.50. The van der Waals surface area contributed by atoms with E-state index in [2.05, 4.69) is 15.3 Å². The Hall–Kier alpha value is -1.49. The first-order valence-corrected chi connectivity index (χ1v) is 5.79. The first kappa shape index (κ1) is 10.7. The summed E-state index contributed by atoms with van der Waals surface area (Å²) in [6.07, 6.45) is 4.20. The van der Waals surface area contributed by atoms with Crippen LogP contribution >= 0.6 is 0 Å². The minimum atomic E-state index is -0.499. The van der Waals surface area contributed by atoms with Gasteiger partial charge in [0, 0.05) is 12.1 Å². The van der Waals surface area contributed by atoms with Crippen LogP contribution in [0.1, 0.15) is 24.5 Å². The summed E-state index contributed by atoms with van der Waals surface area (Å²) in [6, 6.07) is 0. The molecule has 2 aromatic heterocycles. The molecule has 0 saturated carbocycles. The number of aromatic nitrogens is 2. The number of hydrogen-bond donors (Lipinski definition) is 2. The van der Waals surface area contributed by atoms with Crippen molar-refractivity contribution in [2.45, 2.75) is 18.8 Å². The van der Waals surface area contributed by atoms with Gasteiger partial charge in [-0.3, -0.25) is 4.98 Å². The average molecular weight is 237 g/mol. The number of aromatic amines is 1. The third kappa shape index (κ3) is 1.70. The molecule has 0 spiro atoms. The fraction of sp³-hybridized carbons (Fsp3) is 0.417. The molecule has 1 fully saturated rings. The van der Waals surface area contributed by atoms with Crippen molar-refractivity contribution in [3.63, 3.8) is 0 Å².